The Hall–Kier alpha value is -1.77. The monoisotopic (exact) mass is 484 g/mol. The highest BCUT2D eigenvalue weighted by atomic mass is 35.5. The first-order valence-corrected chi connectivity index (χ1v) is 9.82. The summed E-state index contributed by atoms with van der Waals surface area (Å²) in [6.07, 6.45) is -11.2. The molecule has 1 aliphatic rings. The van der Waals surface area contributed by atoms with Gasteiger partial charge in [0.05, 0.1) is 29.3 Å². The van der Waals surface area contributed by atoms with Crippen LogP contribution in [0.4, 0.5) is 26.3 Å². The van der Waals surface area contributed by atoms with Crippen LogP contribution in [0, 0.1) is 0 Å². The predicted molar refractivity (Wildman–Crippen MR) is 103 cm³/mol. The van der Waals surface area contributed by atoms with Crippen molar-refractivity contribution in [1.29, 1.82) is 0 Å². The fraction of sp³-hybridized carbons (Fsp3) is 0.381. The molecule has 0 radical (unpaired) electrons. The third-order valence-corrected chi connectivity index (χ3v) is 6.54. The molecular weight excluding hydrogens is 469 g/mol. The van der Waals surface area contributed by atoms with Gasteiger partial charge in [-0.3, -0.25) is 4.79 Å². The second-order valence-electron chi connectivity index (χ2n) is 7.41. The molecule has 1 saturated carbocycles. The van der Waals surface area contributed by atoms with Gasteiger partial charge in [0.15, 0.2) is 10.1 Å². The average molecular weight is 485 g/mol. The number of alkyl halides is 8. The van der Waals surface area contributed by atoms with Gasteiger partial charge in [-0.05, 0) is 36.2 Å². The van der Waals surface area contributed by atoms with Crippen molar-refractivity contribution in [2.24, 2.45) is 0 Å². The summed E-state index contributed by atoms with van der Waals surface area (Å²) in [4.78, 5) is 12.0. The minimum absolute atomic E-state index is 0.0504. The Morgan fingerprint density at radius 2 is 1.48 bits per heavy atom. The molecule has 0 amide bonds. The summed E-state index contributed by atoms with van der Waals surface area (Å²) < 4.78 is 82.6. The minimum Gasteiger partial charge on any atom is -0.373 e. The van der Waals surface area contributed by atoms with Crippen LogP contribution in [0.15, 0.2) is 48.5 Å². The number of carbonyl (C=O) groups excluding carboxylic acids is 1. The molecule has 31 heavy (non-hydrogen) atoms. The van der Waals surface area contributed by atoms with Gasteiger partial charge in [-0.1, -0.05) is 53.5 Å². The number of hydrogen-bond acceptors (Lipinski definition) is 2. The molecule has 3 rings (SSSR count). The van der Waals surface area contributed by atoms with Crippen molar-refractivity contribution in [2.75, 3.05) is 6.61 Å². The number of halogens is 8. The highest BCUT2D eigenvalue weighted by Crippen LogP contribution is 2.56. The highest BCUT2D eigenvalue weighted by Gasteiger charge is 2.65. The van der Waals surface area contributed by atoms with Crippen molar-refractivity contribution in [3.05, 3.63) is 70.8 Å². The highest BCUT2D eigenvalue weighted by molar-refractivity contribution is 6.61. The lowest BCUT2D eigenvalue weighted by molar-refractivity contribution is -0.143. The predicted octanol–water partition coefficient (Wildman–Crippen LogP) is 6.89. The van der Waals surface area contributed by atoms with Crippen molar-refractivity contribution in [3.8, 4) is 0 Å². The van der Waals surface area contributed by atoms with Gasteiger partial charge in [0.2, 0.25) is 0 Å². The Morgan fingerprint density at radius 3 is 1.90 bits per heavy atom. The van der Waals surface area contributed by atoms with E-state index in [1.54, 1.807) is 30.3 Å². The fourth-order valence-electron chi connectivity index (χ4n) is 3.50. The number of ether oxygens (including phenoxy) is 1. The normalized spacial score (nSPS) is 22.2. The van der Waals surface area contributed by atoms with Crippen LogP contribution in [0.25, 0.3) is 0 Å². The summed E-state index contributed by atoms with van der Waals surface area (Å²) in [5, 5.41) is 0. The van der Waals surface area contributed by atoms with Crippen molar-refractivity contribution in [1.82, 2.24) is 0 Å². The summed E-state index contributed by atoms with van der Waals surface area (Å²) in [7, 11) is 0. The van der Waals surface area contributed by atoms with Crippen LogP contribution >= 0.6 is 23.2 Å². The van der Waals surface area contributed by atoms with Gasteiger partial charge in [0, 0.05) is 6.42 Å². The summed E-state index contributed by atoms with van der Waals surface area (Å²) in [5.74, 6) is -0.450. The van der Waals surface area contributed by atoms with E-state index in [0.29, 0.717) is 17.7 Å². The fourth-order valence-corrected chi connectivity index (χ4v) is 4.09. The summed E-state index contributed by atoms with van der Waals surface area (Å²) >= 11 is 12.5. The molecule has 0 unspecified atom stereocenters. The van der Waals surface area contributed by atoms with Gasteiger partial charge in [0.25, 0.3) is 0 Å². The Morgan fingerprint density at radius 1 is 0.968 bits per heavy atom. The SMILES string of the molecule is C[C@@H](OC[C@@]1(c2ccccc2)CC(=O)C1(Cl)Cl)c1cc(C(F)(F)F)cc(C(F)(F)F)c1. The molecule has 0 saturated heterocycles. The standard InChI is InChI=1S/C21H16Cl2F6O2/c1-12(13-7-15(20(24,25)26)9-16(8-13)21(27,28)29)31-11-18(10-17(30)19(18,22)23)14-5-3-2-4-6-14/h2-9,12H,10-11H2,1H3/t12-,18-/m1/s1. The number of ketones is 1. The minimum atomic E-state index is -4.97. The smallest absolute Gasteiger partial charge is 0.373 e. The quantitative estimate of drug-likeness (QED) is 0.341. The Balaban J connectivity index is 1.92. The third kappa shape index (κ3) is 4.43. The van der Waals surface area contributed by atoms with E-state index in [1.807, 2.05) is 0 Å². The Kier molecular flexibility index (Phi) is 6.14. The van der Waals surface area contributed by atoms with Crippen molar-refractivity contribution in [3.63, 3.8) is 0 Å². The molecule has 2 atom stereocenters. The van der Waals surface area contributed by atoms with Crippen LogP contribution in [0.5, 0.6) is 0 Å². The molecular formula is C21H16Cl2F6O2. The van der Waals surface area contributed by atoms with Gasteiger partial charge in [-0.25, -0.2) is 0 Å². The summed E-state index contributed by atoms with van der Waals surface area (Å²) in [6, 6.07) is 9.72. The van der Waals surface area contributed by atoms with Crippen LogP contribution in [-0.4, -0.2) is 16.7 Å². The number of carbonyl (C=O) groups is 1. The third-order valence-electron chi connectivity index (χ3n) is 5.40. The molecule has 2 aromatic rings. The molecule has 0 bridgehead atoms. The van der Waals surface area contributed by atoms with Gasteiger partial charge in [0.1, 0.15) is 0 Å². The topological polar surface area (TPSA) is 26.3 Å². The lowest BCUT2D eigenvalue weighted by Crippen LogP contribution is -2.63. The first kappa shape index (κ1) is 23.9. The maximum absolute atomic E-state index is 13.1. The van der Waals surface area contributed by atoms with Crippen LogP contribution in [0.1, 0.15) is 41.7 Å². The molecule has 0 aliphatic heterocycles. The molecule has 2 nitrogen and oxygen atoms in total. The van der Waals surface area contributed by atoms with Crippen LogP contribution < -0.4 is 0 Å². The molecule has 0 N–H and O–H groups in total. The van der Waals surface area contributed by atoms with Crippen molar-refractivity contribution < 1.29 is 35.9 Å². The molecule has 10 heteroatoms. The second-order valence-corrected chi connectivity index (χ2v) is 8.74. The second kappa shape index (κ2) is 7.98. The molecule has 0 aromatic heterocycles. The Bertz CT molecular complexity index is 940. The van der Waals surface area contributed by atoms with E-state index in [4.69, 9.17) is 27.9 Å². The maximum Gasteiger partial charge on any atom is 0.416 e. The largest absolute Gasteiger partial charge is 0.416 e. The van der Waals surface area contributed by atoms with Gasteiger partial charge in [-0.2, -0.15) is 26.3 Å². The lowest BCUT2D eigenvalue weighted by atomic mass is 9.63. The number of hydrogen-bond donors (Lipinski definition) is 0. The first-order valence-electron chi connectivity index (χ1n) is 9.06. The molecule has 0 heterocycles. The zero-order chi connectivity index (χ0) is 23.2. The first-order chi connectivity index (χ1) is 14.2. The van der Waals surface area contributed by atoms with E-state index in [0.717, 1.165) is 0 Å². The van der Waals surface area contributed by atoms with Crippen molar-refractivity contribution >= 4 is 29.0 Å². The van der Waals surface area contributed by atoms with E-state index < -0.39 is 45.1 Å². The summed E-state index contributed by atoms with van der Waals surface area (Å²) in [5.41, 5.74) is -3.80. The van der Waals surface area contributed by atoms with Gasteiger partial charge < -0.3 is 4.74 Å². The molecule has 0 spiro atoms. The molecule has 2 aromatic carbocycles. The van der Waals surface area contributed by atoms with Gasteiger partial charge in [-0.15, -0.1) is 0 Å². The average Bonchev–Trinajstić information content (AvgIpc) is 2.69. The van der Waals surface area contributed by atoms with Gasteiger partial charge >= 0.3 is 12.4 Å². The number of Topliss-reactive ketones (excluding diaryl/α,β-unsaturated/α-hetero) is 1. The Labute approximate surface area is 184 Å². The van der Waals surface area contributed by atoms with E-state index in [1.165, 1.54) is 6.92 Å². The van der Waals surface area contributed by atoms with E-state index in [9.17, 15) is 31.1 Å². The van der Waals surface area contributed by atoms with Crippen LogP contribution in [0.3, 0.4) is 0 Å². The number of rotatable bonds is 5. The van der Waals surface area contributed by atoms with E-state index in [-0.39, 0.29) is 24.7 Å². The zero-order valence-electron chi connectivity index (χ0n) is 16.0. The van der Waals surface area contributed by atoms with E-state index >= 15 is 0 Å². The molecule has 168 valence electrons. The molecule has 1 fully saturated rings. The molecule has 1 aliphatic carbocycles. The van der Waals surface area contributed by atoms with Crippen LogP contribution in [0.2, 0.25) is 0 Å². The zero-order valence-corrected chi connectivity index (χ0v) is 17.5. The number of benzene rings is 2. The lowest BCUT2D eigenvalue weighted by Gasteiger charge is -2.50. The van der Waals surface area contributed by atoms with Crippen molar-refractivity contribution in [2.45, 2.75) is 41.5 Å². The summed E-state index contributed by atoms with van der Waals surface area (Å²) in [6.45, 7) is 1.04. The maximum atomic E-state index is 13.1. The van der Waals surface area contributed by atoms with E-state index in [2.05, 4.69) is 0 Å². The van der Waals surface area contributed by atoms with Crippen LogP contribution in [-0.2, 0) is 27.3 Å².